The number of hydrogen-bond donors (Lipinski definition) is 1. The van der Waals surface area contributed by atoms with Gasteiger partial charge in [0.1, 0.15) is 0 Å². The lowest BCUT2D eigenvalue weighted by atomic mass is 10.8. The molecule has 0 spiro atoms. The van der Waals surface area contributed by atoms with E-state index in [0.29, 0.717) is 4.34 Å². The molecule has 0 aromatic carbocycles. The van der Waals surface area contributed by atoms with Crippen LogP contribution in [0.2, 0.25) is 0 Å². The number of hydrogen-bond acceptors (Lipinski definition) is 5. The summed E-state index contributed by atoms with van der Waals surface area (Å²) in [6.45, 7) is 3.59. The van der Waals surface area contributed by atoms with Crippen molar-refractivity contribution in [2.45, 2.75) is 9.50 Å². The van der Waals surface area contributed by atoms with Crippen molar-refractivity contribution in [3.63, 3.8) is 0 Å². The van der Waals surface area contributed by atoms with Gasteiger partial charge in [0.25, 0.3) is 0 Å². The van der Waals surface area contributed by atoms with Gasteiger partial charge in [0.15, 0.2) is 4.34 Å². The Hall–Kier alpha value is -0.0000000000000000833. The van der Waals surface area contributed by atoms with Crippen LogP contribution in [0.1, 0.15) is 0 Å². The van der Waals surface area contributed by atoms with E-state index in [9.17, 15) is 0 Å². The number of thiol groups is 1. The van der Waals surface area contributed by atoms with E-state index in [1.807, 2.05) is 6.08 Å². The first-order valence-electron chi connectivity index (χ1n) is 2.59. The first-order valence-corrected chi connectivity index (χ1v) is 4.80. The van der Waals surface area contributed by atoms with Gasteiger partial charge in [0, 0.05) is 5.75 Å². The lowest BCUT2D eigenvalue weighted by Gasteiger charge is -1.85. The zero-order valence-electron chi connectivity index (χ0n) is 5.15. The Morgan fingerprint density at radius 1 is 1.80 bits per heavy atom. The van der Waals surface area contributed by atoms with Crippen LogP contribution in [0.25, 0.3) is 0 Å². The van der Waals surface area contributed by atoms with E-state index in [4.69, 9.17) is 0 Å². The van der Waals surface area contributed by atoms with Gasteiger partial charge < -0.3 is 0 Å². The maximum Gasteiger partial charge on any atom is 0.201 e. The van der Waals surface area contributed by atoms with E-state index in [2.05, 4.69) is 28.6 Å². The topological polar surface area (TPSA) is 25.8 Å². The van der Waals surface area contributed by atoms with Crippen molar-refractivity contribution < 1.29 is 0 Å². The summed E-state index contributed by atoms with van der Waals surface area (Å²) >= 11 is 6.90. The van der Waals surface area contributed by atoms with E-state index < -0.39 is 0 Å². The zero-order valence-corrected chi connectivity index (χ0v) is 7.68. The van der Waals surface area contributed by atoms with E-state index in [0.717, 1.165) is 10.9 Å². The first kappa shape index (κ1) is 8.10. The van der Waals surface area contributed by atoms with Gasteiger partial charge in [-0.3, -0.25) is 0 Å². The monoisotopic (exact) mass is 190 g/mol. The van der Waals surface area contributed by atoms with Gasteiger partial charge in [-0.25, -0.2) is 4.98 Å². The fraction of sp³-hybridized carbons (Fsp3) is 0.200. The first-order chi connectivity index (χ1) is 4.83. The Kier molecular flexibility index (Phi) is 3.24. The predicted octanol–water partition coefficient (Wildman–Crippen LogP) is 2.10. The van der Waals surface area contributed by atoms with Gasteiger partial charge in [-0.05, 0) is 11.5 Å². The molecule has 0 saturated heterocycles. The fourth-order valence-corrected chi connectivity index (χ4v) is 1.81. The SMILES string of the molecule is C=CCSc1nsc(S)n1. The molecule has 54 valence electrons. The highest BCUT2D eigenvalue weighted by atomic mass is 32.2. The molecule has 0 aliphatic rings. The number of rotatable bonds is 3. The molecule has 0 saturated carbocycles. The van der Waals surface area contributed by atoms with Crippen LogP contribution >= 0.6 is 35.9 Å². The number of nitrogens with zero attached hydrogens (tertiary/aromatic N) is 2. The molecule has 0 radical (unpaired) electrons. The third kappa shape index (κ3) is 2.32. The van der Waals surface area contributed by atoms with Crippen LogP contribution in [0.4, 0.5) is 0 Å². The average Bonchev–Trinajstić information content (AvgIpc) is 2.31. The highest BCUT2D eigenvalue weighted by molar-refractivity contribution is 7.99. The quantitative estimate of drug-likeness (QED) is 0.449. The van der Waals surface area contributed by atoms with Crippen LogP contribution in [0.5, 0.6) is 0 Å². The van der Waals surface area contributed by atoms with Crippen LogP contribution in [0, 0.1) is 0 Å². The molecule has 0 bridgehead atoms. The predicted molar refractivity (Wildman–Crippen MR) is 48.1 cm³/mol. The van der Waals surface area contributed by atoms with Crippen LogP contribution in [0.3, 0.4) is 0 Å². The van der Waals surface area contributed by atoms with Gasteiger partial charge in [0.05, 0.1) is 0 Å². The molecule has 0 aliphatic heterocycles. The minimum atomic E-state index is 0.714. The van der Waals surface area contributed by atoms with Gasteiger partial charge in [-0.2, -0.15) is 4.37 Å². The van der Waals surface area contributed by atoms with Crippen molar-refractivity contribution in [3.8, 4) is 0 Å². The molecule has 0 unspecified atom stereocenters. The second-order valence-corrected chi connectivity index (χ2v) is 3.92. The highest BCUT2D eigenvalue weighted by Crippen LogP contribution is 2.18. The molecule has 1 aromatic heterocycles. The van der Waals surface area contributed by atoms with Crippen LogP contribution < -0.4 is 0 Å². The largest absolute Gasteiger partial charge is 0.203 e. The molecule has 1 aromatic rings. The summed E-state index contributed by atoms with van der Waals surface area (Å²) in [5.74, 6) is 0.851. The average molecular weight is 190 g/mol. The Labute approximate surface area is 73.3 Å². The molecule has 10 heavy (non-hydrogen) atoms. The summed E-state index contributed by atoms with van der Waals surface area (Å²) in [4.78, 5) is 4.03. The van der Waals surface area contributed by atoms with Crippen LogP contribution in [-0.2, 0) is 0 Å². The van der Waals surface area contributed by atoms with Crippen molar-refractivity contribution in [3.05, 3.63) is 12.7 Å². The van der Waals surface area contributed by atoms with E-state index >= 15 is 0 Å². The maximum atomic E-state index is 4.03. The molecule has 1 heterocycles. The Morgan fingerprint density at radius 2 is 2.60 bits per heavy atom. The minimum absolute atomic E-state index is 0.714. The van der Waals surface area contributed by atoms with Crippen LogP contribution in [-0.4, -0.2) is 15.1 Å². The van der Waals surface area contributed by atoms with Gasteiger partial charge in [-0.15, -0.1) is 19.2 Å². The summed E-state index contributed by atoms with van der Waals surface area (Å²) in [6, 6.07) is 0. The maximum absolute atomic E-state index is 4.03. The second-order valence-electron chi connectivity index (χ2n) is 1.46. The molecule has 0 aliphatic carbocycles. The zero-order chi connectivity index (χ0) is 7.40. The molecule has 5 heteroatoms. The molecular formula is C5H6N2S3. The van der Waals surface area contributed by atoms with Crippen molar-refractivity contribution in [1.29, 1.82) is 0 Å². The van der Waals surface area contributed by atoms with E-state index in [-0.39, 0.29) is 0 Å². The number of aromatic nitrogens is 2. The molecule has 0 atom stereocenters. The van der Waals surface area contributed by atoms with Crippen molar-refractivity contribution in [1.82, 2.24) is 9.36 Å². The van der Waals surface area contributed by atoms with E-state index in [1.54, 1.807) is 11.8 Å². The van der Waals surface area contributed by atoms with Crippen molar-refractivity contribution in [2.24, 2.45) is 0 Å². The smallest absolute Gasteiger partial charge is 0.201 e. The van der Waals surface area contributed by atoms with Crippen LogP contribution in [0.15, 0.2) is 22.2 Å². The molecule has 0 amide bonds. The van der Waals surface area contributed by atoms with Crippen molar-refractivity contribution >= 4 is 35.9 Å². The summed E-state index contributed by atoms with van der Waals surface area (Å²) < 4.78 is 4.74. The minimum Gasteiger partial charge on any atom is -0.203 e. The molecule has 2 nitrogen and oxygen atoms in total. The second kappa shape index (κ2) is 4.00. The fourth-order valence-electron chi connectivity index (χ4n) is 0.395. The standard InChI is InChI=1S/C5H6N2S3/c1-2-3-9-4-6-5(8)10-7-4/h2H,1,3H2,(H,6,7,8). The van der Waals surface area contributed by atoms with Gasteiger partial charge >= 0.3 is 0 Å². The summed E-state index contributed by atoms with van der Waals surface area (Å²) in [5.41, 5.74) is 0. The Bertz CT molecular complexity index is 220. The Morgan fingerprint density at radius 3 is 3.10 bits per heavy atom. The highest BCUT2D eigenvalue weighted by Gasteiger charge is 1.98. The number of thioether (sulfide) groups is 1. The van der Waals surface area contributed by atoms with E-state index in [1.165, 1.54) is 11.5 Å². The third-order valence-electron chi connectivity index (χ3n) is 0.727. The lowest BCUT2D eigenvalue weighted by Crippen LogP contribution is -1.74. The molecule has 0 fully saturated rings. The van der Waals surface area contributed by atoms with Crippen molar-refractivity contribution in [2.75, 3.05) is 5.75 Å². The third-order valence-corrected chi connectivity index (χ3v) is 2.55. The summed E-state index contributed by atoms with van der Waals surface area (Å²) in [5, 5.41) is 0.787. The molecule has 1 rings (SSSR count). The normalized spacial score (nSPS) is 9.70. The van der Waals surface area contributed by atoms with Gasteiger partial charge in [-0.1, -0.05) is 17.8 Å². The van der Waals surface area contributed by atoms with Gasteiger partial charge in [0.2, 0.25) is 5.16 Å². The molecule has 0 N–H and O–H groups in total. The lowest BCUT2D eigenvalue weighted by molar-refractivity contribution is 1.02. The summed E-state index contributed by atoms with van der Waals surface area (Å²) in [6.07, 6.45) is 1.82. The molecular weight excluding hydrogens is 184 g/mol. The summed E-state index contributed by atoms with van der Waals surface area (Å²) in [7, 11) is 0. The Balaban J connectivity index is 2.49.